The maximum absolute atomic E-state index is 6.26. The second-order valence-corrected chi connectivity index (χ2v) is 7.51. The van der Waals surface area contributed by atoms with Crippen LogP contribution in [0.25, 0.3) is 21.9 Å². The van der Waals surface area contributed by atoms with Gasteiger partial charge in [0.1, 0.15) is 22.8 Å². The Morgan fingerprint density at radius 3 is 2.13 bits per heavy atom. The molecule has 0 saturated carbocycles. The van der Waals surface area contributed by atoms with Crippen LogP contribution in [-0.2, 0) is 0 Å². The summed E-state index contributed by atoms with van der Waals surface area (Å²) in [4.78, 5) is 9.88. The van der Waals surface area contributed by atoms with Crippen molar-refractivity contribution in [1.82, 2.24) is 5.32 Å². The average molecular weight is 401 g/mol. The Hall–Kier alpha value is -4.18. The molecule has 0 fully saturated rings. The van der Waals surface area contributed by atoms with Gasteiger partial charge in [-0.25, -0.2) is 9.98 Å². The van der Waals surface area contributed by atoms with Crippen molar-refractivity contribution in [3.05, 3.63) is 120 Å². The Balaban J connectivity index is 1.53. The van der Waals surface area contributed by atoms with E-state index in [-0.39, 0.29) is 6.17 Å². The fourth-order valence-corrected chi connectivity index (χ4v) is 4.04. The van der Waals surface area contributed by atoms with Crippen LogP contribution in [0.2, 0.25) is 0 Å². The summed E-state index contributed by atoms with van der Waals surface area (Å²) in [5.74, 6) is 1.56. The zero-order chi connectivity index (χ0) is 20.6. The largest absolute Gasteiger partial charge is 0.455 e. The van der Waals surface area contributed by atoms with Crippen LogP contribution in [0.5, 0.6) is 0 Å². The second-order valence-electron chi connectivity index (χ2n) is 7.51. The molecule has 1 aromatic heterocycles. The van der Waals surface area contributed by atoms with Crippen molar-refractivity contribution < 1.29 is 4.42 Å². The molecule has 2 heterocycles. The van der Waals surface area contributed by atoms with Crippen LogP contribution in [-0.4, -0.2) is 11.7 Å². The van der Waals surface area contributed by atoms with Crippen molar-refractivity contribution in [3.8, 4) is 0 Å². The highest BCUT2D eigenvalue weighted by Gasteiger charge is 2.23. The van der Waals surface area contributed by atoms with Gasteiger partial charge in [-0.2, -0.15) is 0 Å². The van der Waals surface area contributed by atoms with Crippen molar-refractivity contribution in [2.24, 2.45) is 9.98 Å². The topological polar surface area (TPSA) is 49.9 Å². The minimum atomic E-state index is -0.327. The lowest BCUT2D eigenvalue weighted by Gasteiger charge is -2.22. The summed E-state index contributed by atoms with van der Waals surface area (Å²) in [7, 11) is 0. The molecule has 1 N–H and O–H groups in total. The van der Waals surface area contributed by atoms with Gasteiger partial charge in [0.15, 0.2) is 6.17 Å². The molecule has 31 heavy (non-hydrogen) atoms. The number of hydrogen-bond acceptors (Lipinski definition) is 4. The molecule has 1 unspecified atom stereocenters. The quantitative estimate of drug-likeness (QED) is 0.398. The Labute approximate surface area is 179 Å². The highest BCUT2D eigenvalue weighted by Crippen LogP contribution is 2.32. The maximum Gasteiger partial charge on any atom is 0.169 e. The molecule has 1 aliphatic rings. The van der Waals surface area contributed by atoms with E-state index in [1.165, 1.54) is 0 Å². The molecule has 4 heteroatoms. The van der Waals surface area contributed by atoms with Crippen molar-refractivity contribution in [1.29, 1.82) is 0 Å². The molecular weight excluding hydrogens is 382 g/mol. The minimum absolute atomic E-state index is 0.327. The third-order valence-corrected chi connectivity index (χ3v) is 5.54. The fourth-order valence-electron chi connectivity index (χ4n) is 4.04. The summed E-state index contributed by atoms with van der Waals surface area (Å²) in [5, 5.41) is 5.65. The van der Waals surface area contributed by atoms with Crippen molar-refractivity contribution >= 4 is 33.6 Å². The smallest absolute Gasteiger partial charge is 0.169 e. The van der Waals surface area contributed by atoms with Gasteiger partial charge in [-0.1, -0.05) is 91.0 Å². The summed E-state index contributed by atoms with van der Waals surface area (Å²) >= 11 is 0. The number of hydrogen-bond donors (Lipinski definition) is 1. The second kappa shape index (κ2) is 7.26. The third-order valence-electron chi connectivity index (χ3n) is 5.54. The van der Waals surface area contributed by atoms with Gasteiger partial charge in [0.25, 0.3) is 0 Å². The maximum atomic E-state index is 6.26. The molecular formula is C27H19N3O. The third kappa shape index (κ3) is 3.09. The first-order valence-electron chi connectivity index (χ1n) is 10.3. The van der Waals surface area contributed by atoms with E-state index >= 15 is 0 Å². The summed E-state index contributed by atoms with van der Waals surface area (Å²) in [6.45, 7) is 0. The highest BCUT2D eigenvalue weighted by atomic mass is 16.3. The summed E-state index contributed by atoms with van der Waals surface area (Å²) in [6.07, 6.45) is -0.327. The zero-order valence-corrected chi connectivity index (χ0v) is 16.7. The molecule has 0 aliphatic carbocycles. The number of nitrogens with zero attached hydrogens (tertiary/aromatic N) is 2. The molecule has 1 atom stereocenters. The SMILES string of the molecule is c1ccc(C2=NC(c3ccccc3)N=C(c3cccc4c3oc3ccccc34)N2)cc1. The monoisotopic (exact) mass is 401 g/mol. The number of benzene rings is 4. The Kier molecular flexibility index (Phi) is 4.13. The summed E-state index contributed by atoms with van der Waals surface area (Å²) in [6, 6.07) is 34.6. The molecule has 4 nitrogen and oxygen atoms in total. The van der Waals surface area contributed by atoms with Gasteiger partial charge in [-0.15, -0.1) is 0 Å². The number of rotatable bonds is 3. The standard InChI is InChI=1S/C27H19N3O/c1-3-10-18(11-4-1)25-28-26(19-12-5-2-6-13-19)30-27(29-25)22-16-9-15-21-20-14-7-8-17-23(20)31-24(21)22/h1-17,25H,(H,28,29,30). The summed E-state index contributed by atoms with van der Waals surface area (Å²) in [5.41, 5.74) is 4.70. The van der Waals surface area contributed by atoms with Gasteiger partial charge in [-0.3, -0.25) is 0 Å². The first-order chi connectivity index (χ1) is 15.4. The molecule has 5 aromatic rings. The molecule has 0 spiro atoms. The number of nitrogens with one attached hydrogen (secondary N) is 1. The van der Waals surface area contributed by atoms with Gasteiger partial charge in [0.05, 0.1) is 5.56 Å². The first kappa shape index (κ1) is 17.7. The minimum Gasteiger partial charge on any atom is -0.455 e. The highest BCUT2D eigenvalue weighted by molar-refractivity contribution is 6.21. The van der Waals surface area contributed by atoms with Crippen LogP contribution in [0.1, 0.15) is 22.9 Å². The molecule has 0 radical (unpaired) electrons. The zero-order valence-electron chi connectivity index (χ0n) is 16.7. The van der Waals surface area contributed by atoms with Crippen LogP contribution < -0.4 is 5.32 Å². The van der Waals surface area contributed by atoms with E-state index in [1.54, 1.807) is 0 Å². The molecule has 0 saturated heterocycles. The number of aliphatic imine (C=N–C) groups is 2. The van der Waals surface area contributed by atoms with E-state index in [9.17, 15) is 0 Å². The number of amidine groups is 2. The van der Waals surface area contributed by atoms with Gasteiger partial charge in [0.2, 0.25) is 0 Å². The lowest BCUT2D eigenvalue weighted by Crippen LogP contribution is -2.36. The molecule has 1 aliphatic heterocycles. The van der Waals surface area contributed by atoms with Crippen LogP contribution in [0, 0.1) is 0 Å². The van der Waals surface area contributed by atoms with Gasteiger partial charge in [-0.05, 0) is 17.7 Å². The van der Waals surface area contributed by atoms with Crippen LogP contribution in [0.3, 0.4) is 0 Å². The van der Waals surface area contributed by atoms with Crippen LogP contribution in [0.15, 0.2) is 118 Å². The van der Waals surface area contributed by atoms with Gasteiger partial charge >= 0.3 is 0 Å². The lowest BCUT2D eigenvalue weighted by molar-refractivity contribution is 0.667. The summed E-state index contributed by atoms with van der Waals surface area (Å²) < 4.78 is 6.26. The van der Waals surface area contributed by atoms with Gasteiger partial charge < -0.3 is 9.73 Å². The van der Waals surface area contributed by atoms with E-state index in [4.69, 9.17) is 14.4 Å². The van der Waals surface area contributed by atoms with Crippen LogP contribution in [0.4, 0.5) is 0 Å². The van der Waals surface area contributed by atoms with Gasteiger partial charge in [0, 0.05) is 16.3 Å². The Morgan fingerprint density at radius 2 is 1.29 bits per heavy atom. The molecule has 0 amide bonds. The van der Waals surface area contributed by atoms with Crippen molar-refractivity contribution in [2.45, 2.75) is 6.17 Å². The van der Waals surface area contributed by atoms with E-state index in [1.807, 2.05) is 60.7 Å². The normalized spacial score (nSPS) is 16.1. The predicted molar refractivity (Wildman–Crippen MR) is 126 cm³/mol. The number of fused-ring (bicyclic) bond motifs is 3. The number of furan rings is 1. The predicted octanol–water partition coefficient (Wildman–Crippen LogP) is 6.08. The van der Waals surface area contributed by atoms with Crippen molar-refractivity contribution in [3.63, 3.8) is 0 Å². The van der Waals surface area contributed by atoms with E-state index in [0.717, 1.165) is 50.3 Å². The first-order valence-corrected chi connectivity index (χ1v) is 10.3. The molecule has 148 valence electrons. The average Bonchev–Trinajstić information content (AvgIpc) is 3.24. The fraction of sp³-hybridized carbons (Fsp3) is 0.0370. The van der Waals surface area contributed by atoms with E-state index in [2.05, 4.69) is 47.8 Å². The molecule has 6 rings (SSSR count). The van der Waals surface area contributed by atoms with E-state index in [0.29, 0.717) is 0 Å². The Bertz CT molecular complexity index is 1450. The molecule has 0 bridgehead atoms. The van der Waals surface area contributed by atoms with E-state index < -0.39 is 0 Å². The molecule has 4 aromatic carbocycles. The Morgan fingerprint density at radius 1 is 0.613 bits per heavy atom. The van der Waals surface area contributed by atoms with Crippen LogP contribution >= 0.6 is 0 Å². The van der Waals surface area contributed by atoms with Crippen molar-refractivity contribution in [2.75, 3.05) is 0 Å². The lowest BCUT2D eigenvalue weighted by atomic mass is 10.1. The number of para-hydroxylation sites is 2.